The molecule has 0 aromatic heterocycles. The molecule has 0 fully saturated rings. The second kappa shape index (κ2) is 7.17. The van der Waals surface area contributed by atoms with E-state index in [4.69, 9.17) is 9.94 Å². The summed E-state index contributed by atoms with van der Waals surface area (Å²) in [6.45, 7) is 6.41. The number of aliphatic carboxylic acids is 1. The molecule has 0 aromatic carbocycles. The van der Waals surface area contributed by atoms with Crippen LogP contribution in [0.5, 0.6) is 0 Å². The lowest BCUT2D eigenvalue weighted by molar-refractivity contribution is -0.132. The van der Waals surface area contributed by atoms with E-state index < -0.39 is 5.97 Å². The zero-order chi connectivity index (χ0) is 12.6. The van der Waals surface area contributed by atoms with E-state index in [0.717, 1.165) is 6.42 Å². The van der Waals surface area contributed by atoms with Crippen LogP contribution < -0.4 is 5.48 Å². The second-order valence-corrected chi connectivity index (χ2v) is 4.45. The summed E-state index contributed by atoms with van der Waals surface area (Å²) >= 11 is 0. The van der Waals surface area contributed by atoms with Crippen molar-refractivity contribution in [3.8, 4) is 0 Å². The Labute approximate surface area is 95.4 Å². The smallest absolute Gasteiger partial charge is 0.342 e. The fraction of sp³-hybridized carbons (Fsp3) is 0.727. The van der Waals surface area contributed by atoms with Gasteiger partial charge < -0.3 is 5.11 Å². The molecule has 0 radical (unpaired) electrons. The molecule has 0 unspecified atom stereocenters. The van der Waals surface area contributed by atoms with E-state index in [0.29, 0.717) is 13.0 Å². The van der Waals surface area contributed by atoms with Crippen molar-refractivity contribution in [3.63, 3.8) is 0 Å². The molecule has 5 nitrogen and oxygen atoms in total. The molecule has 0 saturated heterocycles. The number of carboxylic acid groups (broad SMARTS) is 1. The van der Waals surface area contributed by atoms with Gasteiger partial charge in [0.15, 0.2) is 0 Å². The molecule has 92 valence electrons. The molecule has 0 amide bonds. The highest BCUT2D eigenvalue weighted by Gasteiger charge is 2.10. The van der Waals surface area contributed by atoms with Crippen molar-refractivity contribution in [1.82, 2.24) is 5.48 Å². The summed E-state index contributed by atoms with van der Waals surface area (Å²) in [6, 6.07) is 0. The van der Waals surface area contributed by atoms with E-state index in [1.807, 2.05) is 20.8 Å². The van der Waals surface area contributed by atoms with Gasteiger partial charge in [-0.2, -0.15) is 0 Å². The third-order valence-electron chi connectivity index (χ3n) is 1.72. The van der Waals surface area contributed by atoms with E-state index in [-0.39, 0.29) is 17.6 Å². The Balaban J connectivity index is 3.55. The van der Waals surface area contributed by atoms with Crippen LogP contribution in [0, 0.1) is 0 Å². The highest BCUT2D eigenvalue weighted by molar-refractivity contribution is 5.95. The van der Waals surface area contributed by atoms with Crippen LogP contribution in [0.2, 0.25) is 0 Å². The van der Waals surface area contributed by atoms with E-state index in [1.165, 1.54) is 5.94 Å². The first-order valence-corrected chi connectivity index (χ1v) is 5.25. The van der Waals surface area contributed by atoms with Crippen LogP contribution >= 0.6 is 0 Å². The molecule has 0 rings (SSSR count). The molecular formula is C11H19NO4. The maximum absolute atomic E-state index is 10.4. The molecule has 2 N–H and O–H groups in total. The van der Waals surface area contributed by atoms with E-state index in [9.17, 15) is 9.59 Å². The number of carbonyl (C=O) groups excluding carboxylic acids is 1. The molecule has 0 spiro atoms. The fourth-order valence-corrected chi connectivity index (χ4v) is 0.968. The van der Waals surface area contributed by atoms with Crippen molar-refractivity contribution < 1.29 is 19.5 Å². The van der Waals surface area contributed by atoms with Gasteiger partial charge in [-0.3, -0.25) is 4.84 Å². The van der Waals surface area contributed by atoms with Crippen molar-refractivity contribution in [2.75, 3.05) is 6.54 Å². The van der Waals surface area contributed by atoms with Crippen LogP contribution in [0.4, 0.5) is 0 Å². The zero-order valence-corrected chi connectivity index (χ0v) is 10.0. The second-order valence-electron chi connectivity index (χ2n) is 4.45. The van der Waals surface area contributed by atoms with E-state index >= 15 is 0 Å². The van der Waals surface area contributed by atoms with Gasteiger partial charge in [0.2, 0.25) is 0 Å². The third kappa shape index (κ3) is 8.17. The molecule has 0 aliphatic carbocycles. The normalized spacial score (nSPS) is 10.9. The minimum atomic E-state index is -1.19. The maximum Gasteiger partial charge on any atom is 0.342 e. The van der Waals surface area contributed by atoms with Crippen LogP contribution in [0.15, 0.2) is 5.57 Å². The molecule has 0 aliphatic heterocycles. The van der Waals surface area contributed by atoms with Gasteiger partial charge in [0.1, 0.15) is 11.5 Å². The third-order valence-corrected chi connectivity index (χ3v) is 1.72. The number of nitrogens with one attached hydrogen (secondary N) is 1. The highest BCUT2D eigenvalue weighted by atomic mass is 16.7. The number of rotatable bonds is 7. The zero-order valence-electron chi connectivity index (χ0n) is 10.0. The van der Waals surface area contributed by atoms with Gasteiger partial charge in [-0.05, 0) is 40.0 Å². The Morgan fingerprint density at radius 3 is 2.44 bits per heavy atom. The summed E-state index contributed by atoms with van der Waals surface area (Å²) in [5, 5.41) is 8.54. The van der Waals surface area contributed by atoms with Crippen molar-refractivity contribution >= 4 is 11.9 Å². The fourth-order valence-electron chi connectivity index (χ4n) is 0.968. The molecular weight excluding hydrogens is 210 g/mol. The molecule has 0 atom stereocenters. The monoisotopic (exact) mass is 229 g/mol. The first-order chi connectivity index (χ1) is 7.37. The number of hydroxylamine groups is 1. The van der Waals surface area contributed by atoms with Gasteiger partial charge in [0.05, 0.1) is 5.60 Å². The van der Waals surface area contributed by atoms with Gasteiger partial charge in [-0.1, -0.05) is 0 Å². The Bertz CT molecular complexity index is 274. The minimum Gasteiger partial charge on any atom is -0.477 e. The van der Waals surface area contributed by atoms with Gasteiger partial charge in [0, 0.05) is 6.54 Å². The molecule has 5 heteroatoms. The van der Waals surface area contributed by atoms with Crippen LogP contribution in [-0.2, 0) is 14.4 Å². The standard InChI is InChI=1S/C11H19NO4/c1-11(2,3)16-12-7-5-4-6-9(8-13)10(14)15/h12H,4-7H2,1-3H3,(H,14,15). The lowest BCUT2D eigenvalue weighted by Crippen LogP contribution is -2.29. The average molecular weight is 229 g/mol. The van der Waals surface area contributed by atoms with Crippen molar-refractivity contribution in [2.24, 2.45) is 0 Å². The lowest BCUT2D eigenvalue weighted by atomic mass is 10.1. The number of hydrogen-bond donors (Lipinski definition) is 2. The van der Waals surface area contributed by atoms with Gasteiger partial charge in [-0.25, -0.2) is 15.1 Å². The SMILES string of the molecule is CC(C)(C)ONCCCCC(=C=O)C(=O)O. The molecule has 16 heavy (non-hydrogen) atoms. The van der Waals surface area contributed by atoms with Crippen molar-refractivity contribution in [3.05, 3.63) is 5.57 Å². The summed E-state index contributed by atoms with van der Waals surface area (Å²) in [7, 11) is 0. The Kier molecular flexibility index (Phi) is 6.65. The molecule has 0 saturated carbocycles. The number of unbranched alkanes of at least 4 members (excludes halogenated alkanes) is 1. The topological polar surface area (TPSA) is 75.6 Å². The average Bonchev–Trinajstić information content (AvgIpc) is 2.14. The van der Waals surface area contributed by atoms with Gasteiger partial charge >= 0.3 is 5.97 Å². The maximum atomic E-state index is 10.4. The summed E-state index contributed by atoms with van der Waals surface area (Å²) in [4.78, 5) is 25.9. The predicted octanol–water partition coefficient (Wildman–Crippen LogP) is 1.32. The molecule has 0 heterocycles. The van der Waals surface area contributed by atoms with Crippen LogP contribution in [-0.4, -0.2) is 29.2 Å². The van der Waals surface area contributed by atoms with Crippen LogP contribution in [0.25, 0.3) is 0 Å². The quantitative estimate of drug-likeness (QED) is 0.298. The summed E-state index contributed by atoms with van der Waals surface area (Å²) < 4.78 is 0. The Morgan fingerprint density at radius 2 is 2.00 bits per heavy atom. The van der Waals surface area contributed by atoms with Crippen molar-refractivity contribution in [2.45, 2.75) is 45.6 Å². The molecule has 0 aliphatic rings. The summed E-state index contributed by atoms with van der Waals surface area (Å²) in [6.07, 6.45) is 1.61. The molecule has 0 bridgehead atoms. The number of carbonyl (C=O) groups is 1. The van der Waals surface area contributed by atoms with Crippen LogP contribution in [0.3, 0.4) is 0 Å². The van der Waals surface area contributed by atoms with Gasteiger partial charge in [-0.15, -0.1) is 0 Å². The van der Waals surface area contributed by atoms with E-state index in [2.05, 4.69) is 5.48 Å². The van der Waals surface area contributed by atoms with Gasteiger partial charge in [0.25, 0.3) is 0 Å². The predicted molar refractivity (Wildman–Crippen MR) is 59.5 cm³/mol. The lowest BCUT2D eigenvalue weighted by Gasteiger charge is -2.19. The first kappa shape index (κ1) is 14.8. The number of hydrogen-bond acceptors (Lipinski definition) is 4. The van der Waals surface area contributed by atoms with Crippen molar-refractivity contribution in [1.29, 1.82) is 0 Å². The first-order valence-electron chi connectivity index (χ1n) is 5.25. The van der Waals surface area contributed by atoms with Crippen LogP contribution in [0.1, 0.15) is 40.0 Å². The Morgan fingerprint density at radius 1 is 1.38 bits per heavy atom. The molecule has 0 aromatic rings. The van der Waals surface area contributed by atoms with E-state index in [1.54, 1.807) is 0 Å². The minimum absolute atomic E-state index is 0.197. The summed E-state index contributed by atoms with van der Waals surface area (Å²) in [5.41, 5.74) is 2.35. The highest BCUT2D eigenvalue weighted by Crippen LogP contribution is 2.06. The largest absolute Gasteiger partial charge is 0.477 e. The number of carboxylic acids is 1. The summed E-state index contributed by atoms with van der Waals surface area (Å²) in [5.74, 6) is 0.246. The Hall–Kier alpha value is -1.16.